The zero-order valence-corrected chi connectivity index (χ0v) is 12.4. The summed E-state index contributed by atoms with van der Waals surface area (Å²) in [5, 5.41) is 0.00909. The van der Waals surface area contributed by atoms with Crippen molar-refractivity contribution in [3.8, 4) is 0 Å². The second kappa shape index (κ2) is 6.34. The molecule has 0 aliphatic rings. The molecule has 0 bridgehead atoms. The third-order valence-corrected chi connectivity index (χ3v) is 4.41. The van der Waals surface area contributed by atoms with Gasteiger partial charge in [-0.05, 0) is 37.1 Å². The van der Waals surface area contributed by atoms with E-state index in [1.54, 1.807) is 19.3 Å². The molecule has 2 aromatic rings. The van der Waals surface area contributed by atoms with E-state index in [4.69, 9.17) is 16.0 Å². The SMILES string of the molecule is CC(CCc1ccco1)NS(=O)(=O)c1cnc(Cl)nc1. The van der Waals surface area contributed by atoms with Crippen LogP contribution in [0.3, 0.4) is 0 Å². The predicted molar refractivity (Wildman–Crippen MR) is 73.9 cm³/mol. The lowest BCUT2D eigenvalue weighted by Crippen LogP contribution is -2.33. The molecule has 0 fully saturated rings. The first-order valence-corrected chi connectivity index (χ1v) is 7.86. The minimum atomic E-state index is -3.63. The minimum Gasteiger partial charge on any atom is -0.469 e. The van der Waals surface area contributed by atoms with Crippen LogP contribution in [0.15, 0.2) is 40.1 Å². The summed E-state index contributed by atoms with van der Waals surface area (Å²) in [4.78, 5) is 7.31. The molecule has 8 heteroatoms. The number of nitrogens with one attached hydrogen (secondary N) is 1. The van der Waals surface area contributed by atoms with Crippen molar-refractivity contribution in [1.82, 2.24) is 14.7 Å². The van der Waals surface area contributed by atoms with Crippen molar-refractivity contribution in [2.24, 2.45) is 0 Å². The summed E-state index contributed by atoms with van der Waals surface area (Å²) in [6, 6.07) is 3.42. The maximum atomic E-state index is 12.1. The predicted octanol–water partition coefficient (Wildman–Crippen LogP) is 2.02. The Balaban J connectivity index is 1.95. The van der Waals surface area contributed by atoms with Gasteiger partial charge in [-0.25, -0.2) is 23.1 Å². The van der Waals surface area contributed by atoms with Crippen LogP contribution in [0.4, 0.5) is 0 Å². The van der Waals surface area contributed by atoms with Crippen molar-refractivity contribution < 1.29 is 12.8 Å². The highest BCUT2D eigenvalue weighted by atomic mass is 35.5. The molecule has 1 N–H and O–H groups in total. The number of aryl methyl sites for hydroxylation is 1. The molecular formula is C12H14ClN3O3S. The van der Waals surface area contributed by atoms with Crippen LogP contribution in [0.5, 0.6) is 0 Å². The molecule has 0 radical (unpaired) electrons. The van der Waals surface area contributed by atoms with Gasteiger partial charge in [0.15, 0.2) is 0 Å². The van der Waals surface area contributed by atoms with Gasteiger partial charge < -0.3 is 4.42 Å². The minimum absolute atomic E-state index is 0.00764. The van der Waals surface area contributed by atoms with Gasteiger partial charge in [0.05, 0.1) is 18.7 Å². The molecule has 20 heavy (non-hydrogen) atoms. The van der Waals surface area contributed by atoms with Crippen molar-refractivity contribution in [1.29, 1.82) is 0 Å². The average Bonchev–Trinajstić information content (AvgIpc) is 2.89. The molecule has 108 valence electrons. The highest BCUT2D eigenvalue weighted by Gasteiger charge is 2.18. The summed E-state index contributed by atoms with van der Waals surface area (Å²) in [5.74, 6) is 0.825. The van der Waals surface area contributed by atoms with E-state index in [9.17, 15) is 8.42 Å². The molecule has 1 unspecified atom stereocenters. The Bertz CT molecular complexity index is 641. The van der Waals surface area contributed by atoms with E-state index < -0.39 is 10.0 Å². The zero-order valence-electron chi connectivity index (χ0n) is 10.8. The number of hydrogen-bond acceptors (Lipinski definition) is 5. The highest BCUT2D eigenvalue weighted by molar-refractivity contribution is 7.89. The van der Waals surface area contributed by atoms with Gasteiger partial charge in [0.1, 0.15) is 10.7 Å². The fourth-order valence-corrected chi connectivity index (χ4v) is 2.91. The lowest BCUT2D eigenvalue weighted by Gasteiger charge is -2.13. The van der Waals surface area contributed by atoms with Crippen molar-refractivity contribution in [2.45, 2.75) is 30.7 Å². The van der Waals surface area contributed by atoms with Crippen LogP contribution in [0.2, 0.25) is 5.28 Å². The highest BCUT2D eigenvalue weighted by Crippen LogP contribution is 2.11. The first kappa shape index (κ1) is 15.0. The standard InChI is InChI=1S/C12H14ClN3O3S/c1-9(4-5-10-3-2-6-19-10)16-20(17,18)11-7-14-12(13)15-8-11/h2-3,6-9,16H,4-5H2,1H3. The fourth-order valence-electron chi connectivity index (χ4n) is 1.64. The molecule has 0 aliphatic carbocycles. The van der Waals surface area contributed by atoms with Gasteiger partial charge in [0.2, 0.25) is 15.3 Å². The molecule has 0 saturated heterocycles. The summed E-state index contributed by atoms with van der Waals surface area (Å²) in [7, 11) is -3.63. The van der Waals surface area contributed by atoms with Gasteiger partial charge in [0.25, 0.3) is 0 Å². The first-order valence-electron chi connectivity index (χ1n) is 5.99. The summed E-state index contributed by atoms with van der Waals surface area (Å²) >= 11 is 5.53. The van der Waals surface area contributed by atoms with E-state index in [1.165, 1.54) is 12.4 Å². The lowest BCUT2D eigenvalue weighted by molar-refractivity contribution is 0.480. The molecule has 2 aromatic heterocycles. The van der Waals surface area contributed by atoms with Gasteiger partial charge in [-0.15, -0.1) is 0 Å². The van der Waals surface area contributed by atoms with E-state index >= 15 is 0 Å². The first-order chi connectivity index (χ1) is 9.47. The van der Waals surface area contributed by atoms with Gasteiger partial charge in [0, 0.05) is 12.5 Å². The quantitative estimate of drug-likeness (QED) is 0.824. The van der Waals surface area contributed by atoms with E-state index in [0.29, 0.717) is 12.8 Å². The molecule has 0 amide bonds. The van der Waals surface area contributed by atoms with Crippen LogP contribution in [0.25, 0.3) is 0 Å². The summed E-state index contributed by atoms with van der Waals surface area (Å²) < 4.78 is 31.9. The fraction of sp³-hybridized carbons (Fsp3) is 0.333. The van der Waals surface area contributed by atoms with Crippen molar-refractivity contribution in [3.63, 3.8) is 0 Å². The van der Waals surface area contributed by atoms with Gasteiger partial charge in [-0.1, -0.05) is 0 Å². The molecule has 0 saturated carbocycles. The zero-order chi connectivity index (χ0) is 14.6. The molecular weight excluding hydrogens is 302 g/mol. The smallest absolute Gasteiger partial charge is 0.243 e. The molecule has 0 spiro atoms. The molecule has 0 aromatic carbocycles. The topological polar surface area (TPSA) is 85.1 Å². The number of nitrogens with zero attached hydrogens (tertiary/aromatic N) is 2. The van der Waals surface area contributed by atoms with Crippen LogP contribution < -0.4 is 4.72 Å². The molecule has 0 aliphatic heterocycles. The number of halogens is 1. The normalized spacial score (nSPS) is 13.3. The van der Waals surface area contributed by atoms with Crippen LogP contribution >= 0.6 is 11.6 Å². The monoisotopic (exact) mass is 315 g/mol. The molecule has 2 rings (SSSR count). The Morgan fingerprint density at radius 1 is 1.40 bits per heavy atom. The second-order valence-electron chi connectivity index (χ2n) is 4.33. The number of aromatic nitrogens is 2. The van der Waals surface area contributed by atoms with Crippen molar-refractivity contribution in [3.05, 3.63) is 41.8 Å². The number of rotatable bonds is 6. The number of sulfonamides is 1. The Morgan fingerprint density at radius 2 is 2.10 bits per heavy atom. The van der Waals surface area contributed by atoms with E-state index in [2.05, 4.69) is 14.7 Å². The molecule has 6 nitrogen and oxygen atoms in total. The number of hydrogen-bond donors (Lipinski definition) is 1. The van der Waals surface area contributed by atoms with Gasteiger partial charge >= 0.3 is 0 Å². The Kier molecular flexibility index (Phi) is 4.74. The van der Waals surface area contributed by atoms with Crippen LogP contribution in [0, 0.1) is 0 Å². The largest absolute Gasteiger partial charge is 0.469 e. The Hall–Kier alpha value is -1.44. The van der Waals surface area contributed by atoms with Crippen LogP contribution in [0.1, 0.15) is 19.1 Å². The molecule has 2 heterocycles. The van der Waals surface area contributed by atoms with E-state index in [0.717, 1.165) is 5.76 Å². The van der Waals surface area contributed by atoms with Crippen molar-refractivity contribution >= 4 is 21.6 Å². The average molecular weight is 316 g/mol. The Labute approximate surface area is 122 Å². The second-order valence-corrected chi connectivity index (χ2v) is 6.38. The van der Waals surface area contributed by atoms with Gasteiger partial charge in [-0.2, -0.15) is 0 Å². The maximum Gasteiger partial charge on any atom is 0.243 e. The summed E-state index contributed by atoms with van der Waals surface area (Å²) in [6.07, 6.45) is 5.23. The van der Waals surface area contributed by atoms with E-state index in [1.807, 2.05) is 6.07 Å². The third kappa shape index (κ3) is 4.03. The van der Waals surface area contributed by atoms with Crippen molar-refractivity contribution in [2.75, 3.05) is 0 Å². The van der Waals surface area contributed by atoms with E-state index in [-0.39, 0.29) is 16.2 Å². The molecule has 1 atom stereocenters. The third-order valence-electron chi connectivity index (χ3n) is 2.67. The lowest BCUT2D eigenvalue weighted by atomic mass is 10.2. The Morgan fingerprint density at radius 3 is 2.70 bits per heavy atom. The van der Waals surface area contributed by atoms with Crippen LogP contribution in [-0.2, 0) is 16.4 Å². The summed E-state index contributed by atoms with van der Waals surface area (Å²) in [6.45, 7) is 1.79. The number of furan rings is 1. The van der Waals surface area contributed by atoms with Gasteiger partial charge in [-0.3, -0.25) is 0 Å². The van der Waals surface area contributed by atoms with Crippen LogP contribution in [-0.4, -0.2) is 24.4 Å². The maximum absolute atomic E-state index is 12.1. The summed E-state index contributed by atoms with van der Waals surface area (Å²) in [5.41, 5.74) is 0.